The minimum absolute atomic E-state index is 0.325. The number of hydrogen-bond acceptors (Lipinski definition) is 3. The predicted molar refractivity (Wildman–Crippen MR) is 66.1 cm³/mol. The second-order valence-corrected chi connectivity index (χ2v) is 4.27. The van der Waals surface area contributed by atoms with Gasteiger partial charge in [0.15, 0.2) is 0 Å². The first-order chi connectivity index (χ1) is 7.27. The molecule has 1 rings (SSSR count). The molecule has 0 fully saturated rings. The zero-order chi connectivity index (χ0) is 11.1. The molecule has 1 N–H and O–H groups in total. The first-order valence-electron chi connectivity index (χ1n) is 5.14. The highest BCUT2D eigenvalue weighted by molar-refractivity contribution is 9.10. The minimum atomic E-state index is 0.325. The smallest absolute Gasteiger partial charge is 0.140 e. The van der Waals surface area contributed by atoms with Gasteiger partial charge in [-0.15, -0.1) is 0 Å². The highest BCUT2D eigenvalue weighted by Crippen LogP contribution is 2.19. The summed E-state index contributed by atoms with van der Waals surface area (Å²) in [6.07, 6.45) is 3.99. The quantitative estimate of drug-likeness (QED) is 0.864. The number of rotatable bonds is 6. The summed E-state index contributed by atoms with van der Waals surface area (Å²) in [5, 5.41) is 3.37. The zero-order valence-electron chi connectivity index (χ0n) is 9.16. The van der Waals surface area contributed by atoms with Crippen molar-refractivity contribution in [3.05, 3.63) is 22.8 Å². The number of ether oxygens (including phenoxy) is 1. The van der Waals surface area contributed by atoms with Crippen LogP contribution in [0.4, 0.5) is 5.82 Å². The van der Waals surface area contributed by atoms with E-state index in [1.807, 2.05) is 12.1 Å². The molecule has 0 bridgehead atoms. The van der Waals surface area contributed by atoms with Gasteiger partial charge in [0.2, 0.25) is 0 Å². The van der Waals surface area contributed by atoms with E-state index in [4.69, 9.17) is 4.74 Å². The van der Waals surface area contributed by atoms with Gasteiger partial charge in [-0.1, -0.05) is 13.3 Å². The Balaban J connectivity index is 2.60. The SMILES string of the molecule is CCCC(COC)Nc1ncccc1Br. The summed E-state index contributed by atoms with van der Waals surface area (Å²) in [5.74, 6) is 0.882. The maximum atomic E-state index is 5.16. The Bertz CT molecular complexity index is 288. The molecule has 1 atom stereocenters. The minimum Gasteiger partial charge on any atom is -0.383 e. The molecule has 0 amide bonds. The van der Waals surface area contributed by atoms with Crippen LogP contribution in [0.15, 0.2) is 22.8 Å². The Morgan fingerprint density at radius 1 is 1.60 bits per heavy atom. The van der Waals surface area contributed by atoms with Crippen LogP contribution in [0.5, 0.6) is 0 Å². The largest absolute Gasteiger partial charge is 0.383 e. The van der Waals surface area contributed by atoms with Crippen LogP contribution in [0, 0.1) is 0 Å². The monoisotopic (exact) mass is 272 g/mol. The van der Waals surface area contributed by atoms with Crippen molar-refractivity contribution in [1.82, 2.24) is 4.98 Å². The van der Waals surface area contributed by atoms with Crippen molar-refractivity contribution >= 4 is 21.7 Å². The number of methoxy groups -OCH3 is 1. The van der Waals surface area contributed by atoms with Gasteiger partial charge in [-0.25, -0.2) is 4.98 Å². The lowest BCUT2D eigenvalue weighted by atomic mass is 10.2. The topological polar surface area (TPSA) is 34.1 Å². The van der Waals surface area contributed by atoms with Gasteiger partial charge < -0.3 is 10.1 Å². The summed E-state index contributed by atoms with van der Waals surface area (Å²) in [4.78, 5) is 4.27. The molecule has 1 aromatic rings. The van der Waals surface area contributed by atoms with Crippen molar-refractivity contribution in [3.63, 3.8) is 0 Å². The fourth-order valence-corrected chi connectivity index (χ4v) is 1.80. The van der Waals surface area contributed by atoms with Crippen LogP contribution in [-0.2, 0) is 4.74 Å². The van der Waals surface area contributed by atoms with Crippen molar-refractivity contribution < 1.29 is 4.74 Å². The van der Waals surface area contributed by atoms with Gasteiger partial charge in [0, 0.05) is 13.3 Å². The fraction of sp³-hybridized carbons (Fsp3) is 0.545. The van der Waals surface area contributed by atoms with Crippen LogP contribution >= 0.6 is 15.9 Å². The molecule has 0 aromatic carbocycles. The molecular formula is C11H17BrN2O. The number of anilines is 1. The van der Waals surface area contributed by atoms with Crippen LogP contribution < -0.4 is 5.32 Å². The van der Waals surface area contributed by atoms with Crippen molar-refractivity contribution in [1.29, 1.82) is 0 Å². The normalized spacial score (nSPS) is 12.5. The number of pyridine rings is 1. The molecule has 0 saturated carbocycles. The first-order valence-corrected chi connectivity index (χ1v) is 5.93. The van der Waals surface area contributed by atoms with E-state index >= 15 is 0 Å². The standard InChI is InChI=1S/C11H17BrN2O/c1-3-5-9(8-15-2)14-11-10(12)6-4-7-13-11/h4,6-7,9H,3,5,8H2,1-2H3,(H,13,14). The summed E-state index contributed by atoms with van der Waals surface area (Å²) in [6.45, 7) is 2.87. The average molecular weight is 273 g/mol. The Labute approximate surface area is 99.4 Å². The molecular weight excluding hydrogens is 256 g/mol. The van der Waals surface area contributed by atoms with Gasteiger partial charge in [0.25, 0.3) is 0 Å². The van der Waals surface area contributed by atoms with E-state index in [-0.39, 0.29) is 0 Å². The zero-order valence-corrected chi connectivity index (χ0v) is 10.8. The van der Waals surface area contributed by atoms with Gasteiger partial charge in [0.05, 0.1) is 17.1 Å². The second-order valence-electron chi connectivity index (χ2n) is 3.42. The van der Waals surface area contributed by atoms with Crippen molar-refractivity contribution in [2.45, 2.75) is 25.8 Å². The van der Waals surface area contributed by atoms with Gasteiger partial charge >= 0.3 is 0 Å². The third kappa shape index (κ3) is 4.18. The summed E-state index contributed by atoms with van der Waals surface area (Å²) in [7, 11) is 1.72. The van der Waals surface area contributed by atoms with Crippen LogP contribution in [0.1, 0.15) is 19.8 Å². The van der Waals surface area contributed by atoms with Crippen LogP contribution in [-0.4, -0.2) is 24.7 Å². The number of nitrogens with one attached hydrogen (secondary N) is 1. The lowest BCUT2D eigenvalue weighted by Gasteiger charge is -2.18. The van der Waals surface area contributed by atoms with E-state index in [9.17, 15) is 0 Å². The Morgan fingerprint density at radius 2 is 2.40 bits per heavy atom. The molecule has 3 nitrogen and oxygen atoms in total. The Kier molecular flexibility index (Phi) is 5.65. The average Bonchev–Trinajstić information content (AvgIpc) is 2.22. The maximum absolute atomic E-state index is 5.16. The maximum Gasteiger partial charge on any atom is 0.140 e. The Hall–Kier alpha value is -0.610. The van der Waals surface area contributed by atoms with E-state index in [0.29, 0.717) is 12.6 Å². The summed E-state index contributed by atoms with van der Waals surface area (Å²) < 4.78 is 6.15. The molecule has 1 aromatic heterocycles. The third-order valence-electron chi connectivity index (χ3n) is 2.10. The summed E-state index contributed by atoms with van der Waals surface area (Å²) in [6, 6.07) is 4.21. The van der Waals surface area contributed by atoms with E-state index in [2.05, 4.69) is 33.2 Å². The number of hydrogen-bond donors (Lipinski definition) is 1. The first kappa shape index (κ1) is 12.5. The molecule has 0 aliphatic heterocycles. The molecule has 1 unspecified atom stereocenters. The van der Waals surface area contributed by atoms with Crippen LogP contribution in [0.25, 0.3) is 0 Å². The molecule has 0 aliphatic rings. The lowest BCUT2D eigenvalue weighted by molar-refractivity contribution is 0.182. The van der Waals surface area contributed by atoms with Crippen LogP contribution in [0.2, 0.25) is 0 Å². The van der Waals surface area contributed by atoms with E-state index in [1.165, 1.54) is 0 Å². The van der Waals surface area contributed by atoms with Gasteiger partial charge in [0.1, 0.15) is 5.82 Å². The third-order valence-corrected chi connectivity index (χ3v) is 2.74. The highest BCUT2D eigenvalue weighted by Gasteiger charge is 2.09. The van der Waals surface area contributed by atoms with Crippen molar-refractivity contribution in [2.24, 2.45) is 0 Å². The molecule has 0 aliphatic carbocycles. The molecule has 84 valence electrons. The summed E-state index contributed by atoms with van der Waals surface area (Å²) in [5.41, 5.74) is 0. The predicted octanol–water partition coefficient (Wildman–Crippen LogP) is 3.07. The van der Waals surface area contributed by atoms with Crippen molar-refractivity contribution in [2.75, 3.05) is 19.0 Å². The second kappa shape index (κ2) is 6.80. The van der Waals surface area contributed by atoms with Crippen molar-refractivity contribution in [3.8, 4) is 0 Å². The highest BCUT2D eigenvalue weighted by atomic mass is 79.9. The van der Waals surface area contributed by atoms with Crippen LogP contribution in [0.3, 0.4) is 0 Å². The number of aromatic nitrogens is 1. The molecule has 0 saturated heterocycles. The molecule has 1 heterocycles. The van der Waals surface area contributed by atoms with E-state index < -0.39 is 0 Å². The molecule has 15 heavy (non-hydrogen) atoms. The van der Waals surface area contributed by atoms with E-state index in [1.54, 1.807) is 13.3 Å². The molecule has 4 heteroatoms. The number of halogens is 1. The van der Waals surface area contributed by atoms with Gasteiger partial charge in [-0.05, 0) is 34.5 Å². The molecule has 0 radical (unpaired) electrons. The molecule has 0 spiro atoms. The fourth-order valence-electron chi connectivity index (χ4n) is 1.43. The number of nitrogens with zero attached hydrogens (tertiary/aromatic N) is 1. The lowest BCUT2D eigenvalue weighted by Crippen LogP contribution is -2.25. The van der Waals surface area contributed by atoms with E-state index in [0.717, 1.165) is 23.1 Å². The summed E-state index contributed by atoms with van der Waals surface area (Å²) >= 11 is 3.46. The Morgan fingerprint density at radius 3 is 3.00 bits per heavy atom. The van der Waals surface area contributed by atoms with Gasteiger partial charge in [-0.3, -0.25) is 0 Å². The van der Waals surface area contributed by atoms with Gasteiger partial charge in [-0.2, -0.15) is 0 Å².